The van der Waals surface area contributed by atoms with Crippen molar-refractivity contribution in [3.8, 4) is 5.75 Å². The summed E-state index contributed by atoms with van der Waals surface area (Å²) >= 11 is 3.12. The highest BCUT2D eigenvalue weighted by atomic mass is 32.2. The van der Waals surface area contributed by atoms with E-state index >= 15 is 0 Å². The number of halogens is 1. The Morgan fingerprint density at radius 1 is 1.35 bits per heavy atom. The molecule has 1 heterocycles. The number of aromatic nitrogens is 2. The summed E-state index contributed by atoms with van der Waals surface area (Å²) in [5, 5.41) is 12.4. The average Bonchev–Trinajstić information content (AvgIpc) is 3.15. The van der Waals surface area contributed by atoms with Crippen molar-refractivity contribution < 1.29 is 9.13 Å². The molecule has 7 heteroatoms. The molecule has 1 N–H and O–H groups in total. The van der Waals surface area contributed by atoms with Crippen molar-refractivity contribution in [2.24, 2.45) is 0 Å². The first-order valence-electron chi connectivity index (χ1n) is 6.41. The van der Waals surface area contributed by atoms with Crippen LogP contribution in [0.25, 0.3) is 0 Å². The predicted molar refractivity (Wildman–Crippen MR) is 79.2 cm³/mol. The summed E-state index contributed by atoms with van der Waals surface area (Å²) in [5.41, 5.74) is 0. The number of benzene rings is 1. The number of nitrogens with zero attached hydrogens (tertiary/aromatic N) is 2. The summed E-state index contributed by atoms with van der Waals surface area (Å²) in [6.07, 6.45) is 2.44. The molecule has 20 heavy (non-hydrogen) atoms. The molecule has 0 bridgehead atoms. The highest BCUT2D eigenvalue weighted by molar-refractivity contribution is 8.01. The van der Waals surface area contributed by atoms with E-state index in [9.17, 15) is 4.39 Å². The van der Waals surface area contributed by atoms with Crippen molar-refractivity contribution in [2.75, 3.05) is 17.7 Å². The van der Waals surface area contributed by atoms with E-state index in [2.05, 4.69) is 15.5 Å². The summed E-state index contributed by atoms with van der Waals surface area (Å²) < 4.78 is 19.6. The van der Waals surface area contributed by atoms with Crippen LogP contribution in [0.2, 0.25) is 0 Å². The van der Waals surface area contributed by atoms with Crippen LogP contribution < -0.4 is 10.1 Å². The lowest BCUT2D eigenvalue weighted by Gasteiger charge is -2.05. The van der Waals surface area contributed by atoms with Crippen LogP contribution in [0.5, 0.6) is 5.75 Å². The van der Waals surface area contributed by atoms with Crippen LogP contribution >= 0.6 is 23.1 Å². The van der Waals surface area contributed by atoms with Gasteiger partial charge in [-0.05, 0) is 25.0 Å². The molecule has 0 saturated heterocycles. The summed E-state index contributed by atoms with van der Waals surface area (Å²) in [7, 11) is 0. The fraction of sp³-hybridized carbons (Fsp3) is 0.385. The highest BCUT2D eigenvalue weighted by Gasteiger charge is 2.22. The van der Waals surface area contributed by atoms with Crippen LogP contribution in [0, 0.1) is 5.82 Å². The molecular weight excluding hydrogens is 297 g/mol. The van der Waals surface area contributed by atoms with E-state index in [1.54, 1.807) is 41.3 Å². The molecule has 0 unspecified atom stereocenters. The van der Waals surface area contributed by atoms with E-state index in [4.69, 9.17) is 4.74 Å². The molecule has 1 aromatic heterocycles. The van der Waals surface area contributed by atoms with E-state index in [0.717, 1.165) is 9.47 Å². The molecule has 106 valence electrons. The molecule has 1 aliphatic rings. The second-order valence-corrected chi connectivity index (χ2v) is 6.74. The van der Waals surface area contributed by atoms with Crippen LogP contribution in [0.1, 0.15) is 12.8 Å². The van der Waals surface area contributed by atoms with Crippen molar-refractivity contribution in [1.29, 1.82) is 0 Å². The van der Waals surface area contributed by atoms with Gasteiger partial charge in [-0.15, -0.1) is 10.2 Å². The normalized spacial score (nSPS) is 14.2. The van der Waals surface area contributed by atoms with Crippen LogP contribution in [0.4, 0.5) is 9.52 Å². The molecule has 1 aromatic carbocycles. The van der Waals surface area contributed by atoms with Crippen molar-refractivity contribution in [2.45, 2.75) is 23.2 Å². The Morgan fingerprint density at radius 2 is 2.20 bits per heavy atom. The summed E-state index contributed by atoms with van der Waals surface area (Å²) in [5.74, 6) is 0.678. The molecule has 1 saturated carbocycles. The number of rotatable bonds is 7. The first kappa shape index (κ1) is 13.6. The van der Waals surface area contributed by atoms with Gasteiger partial charge in [0.25, 0.3) is 0 Å². The molecule has 1 aliphatic carbocycles. The molecule has 0 radical (unpaired) electrons. The summed E-state index contributed by atoms with van der Waals surface area (Å²) in [6.45, 7) is 0.441. The summed E-state index contributed by atoms with van der Waals surface area (Å²) in [4.78, 5) is 0. The molecule has 0 spiro atoms. The zero-order valence-electron chi connectivity index (χ0n) is 10.7. The van der Waals surface area contributed by atoms with Crippen molar-refractivity contribution >= 4 is 28.2 Å². The van der Waals surface area contributed by atoms with Gasteiger partial charge in [-0.2, -0.15) is 0 Å². The Bertz CT molecular complexity index is 574. The van der Waals surface area contributed by atoms with E-state index in [0.29, 0.717) is 24.2 Å². The minimum Gasteiger partial charge on any atom is -0.490 e. The van der Waals surface area contributed by atoms with E-state index < -0.39 is 0 Å². The van der Waals surface area contributed by atoms with Crippen molar-refractivity contribution in [3.63, 3.8) is 0 Å². The Kier molecular flexibility index (Phi) is 4.37. The number of para-hydroxylation sites is 1. The predicted octanol–water partition coefficient (Wildman–Crippen LogP) is 3.42. The molecule has 0 aliphatic heterocycles. The van der Waals surface area contributed by atoms with E-state index in [-0.39, 0.29) is 5.82 Å². The molecule has 4 nitrogen and oxygen atoms in total. The van der Waals surface area contributed by atoms with Crippen LogP contribution in [-0.2, 0) is 0 Å². The smallest absolute Gasteiger partial charge is 0.206 e. The topological polar surface area (TPSA) is 47.0 Å². The minimum atomic E-state index is -0.329. The van der Waals surface area contributed by atoms with Gasteiger partial charge in [0.2, 0.25) is 5.13 Å². The van der Waals surface area contributed by atoms with Gasteiger partial charge in [-0.3, -0.25) is 0 Å². The third-order valence-corrected chi connectivity index (χ3v) is 4.67. The van der Waals surface area contributed by atoms with Gasteiger partial charge in [0.15, 0.2) is 15.9 Å². The largest absolute Gasteiger partial charge is 0.490 e. The lowest BCUT2D eigenvalue weighted by Crippen LogP contribution is -2.01. The number of anilines is 1. The maximum absolute atomic E-state index is 13.3. The summed E-state index contributed by atoms with van der Waals surface area (Å²) in [6, 6.07) is 7.01. The third kappa shape index (κ3) is 3.83. The van der Waals surface area contributed by atoms with Gasteiger partial charge in [0, 0.05) is 11.8 Å². The van der Waals surface area contributed by atoms with E-state index in [1.165, 1.54) is 18.9 Å². The third-order valence-electron chi connectivity index (χ3n) is 2.71. The molecular formula is C13H14FN3OS2. The number of thioether (sulfide) groups is 1. The number of nitrogens with one attached hydrogen (secondary N) is 1. The average molecular weight is 311 g/mol. The highest BCUT2D eigenvalue weighted by Crippen LogP contribution is 2.30. The maximum Gasteiger partial charge on any atom is 0.206 e. The van der Waals surface area contributed by atoms with Crippen LogP contribution in [-0.4, -0.2) is 28.6 Å². The van der Waals surface area contributed by atoms with Crippen molar-refractivity contribution in [1.82, 2.24) is 10.2 Å². The van der Waals surface area contributed by atoms with E-state index in [1.807, 2.05) is 0 Å². The Morgan fingerprint density at radius 3 is 3.00 bits per heavy atom. The van der Waals surface area contributed by atoms with Gasteiger partial charge < -0.3 is 10.1 Å². The van der Waals surface area contributed by atoms with Gasteiger partial charge >= 0.3 is 0 Å². The van der Waals surface area contributed by atoms with Gasteiger partial charge in [0.05, 0.1) is 6.61 Å². The molecule has 1 fully saturated rings. The molecule has 0 atom stereocenters. The first-order valence-corrected chi connectivity index (χ1v) is 8.21. The standard InChI is InChI=1S/C13H14FN3OS2/c14-10-3-1-2-4-11(10)18-7-8-19-13-17-16-12(20-13)15-9-5-6-9/h1-4,9H,5-8H2,(H,15,16). The first-order chi connectivity index (χ1) is 9.81. The SMILES string of the molecule is Fc1ccccc1OCCSc1nnc(NC2CC2)s1. The number of ether oxygens (including phenoxy) is 1. The van der Waals surface area contributed by atoms with Crippen LogP contribution in [0.15, 0.2) is 28.6 Å². The number of hydrogen-bond donors (Lipinski definition) is 1. The Labute approximate surface area is 124 Å². The Hall–Kier alpha value is -1.34. The Balaban J connectivity index is 1.41. The van der Waals surface area contributed by atoms with Gasteiger partial charge in [0.1, 0.15) is 0 Å². The lowest BCUT2D eigenvalue weighted by atomic mass is 10.3. The maximum atomic E-state index is 13.3. The fourth-order valence-corrected chi connectivity index (χ4v) is 3.29. The second kappa shape index (κ2) is 6.41. The lowest BCUT2D eigenvalue weighted by molar-refractivity contribution is 0.325. The van der Waals surface area contributed by atoms with Crippen molar-refractivity contribution in [3.05, 3.63) is 30.1 Å². The van der Waals surface area contributed by atoms with Gasteiger partial charge in [-0.1, -0.05) is 35.2 Å². The molecule has 0 amide bonds. The second-order valence-electron chi connectivity index (χ2n) is 4.42. The minimum absolute atomic E-state index is 0.293. The zero-order chi connectivity index (χ0) is 13.8. The zero-order valence-corrected chi connectivity index (χ0v) is 12.3. The fourth-order valence-electron chi connectivity index (χ4n) is 1.57. The number of hydrogen-bond acceptors (Lipinski definition) is 6. The molecule has 2 aromatic rings. The quantitative estimate of drug-likeness (QED) is 0.627. The van der Waals surface area contributed by atoms with Crippen LogP contribution in [0.3, 0.4) is 0 Å². The molecule has 3 rings (SSSR count). The monoisotopic (exact) mass is 311 g/mol. The van der Waals surface area contributed by atoms with Gasteiger partial charge in [-0.25, -0.2) is 4.39 Å².